The fraction of sp³-hybridized carbons (Fsp3) is 0.167. The summed E-state index contributed by atoms with van der Waals surface area (Å²) in [5.41, 5.74) is 1.21. The molecule has 0 spiro atoms. The minimum Gasteiger partial charge on any atom is -0.496 e. The molecule has 3 nitrogen and oxygen atoms in total. The molecule has 0 radical (unpaired) electrons. The van der Waals surface area contributed by atoms with Gasteiger partial charge < -0.3 is 4.74 Å². The van der Waals surface area contributed by atoms with Gasteiger partial charge in [-0.25, -0.2) is 9.37 Å². The molecule has 2 aromatic rings. The SMILES string of the molecule is COc1ccc(F)cc1-c1nc(C)c(C=O)s1. The summed E-state index contributed by atoms with van der Waals surface area (Å²) in [6, 6.07) is 4.22. The van der Waals surface area contributed by atoms with Gasteiger partial charge in [0.15, 0.2) is 6.29 Å². The summed E-state index contributed by atoms with van der Waals surface area (Å²) in [4.78, 5) is 15.5. The van der Waals surface area contributed by atoms with Gasteiger partial charge in [0.1, 0.15) is 16.6 Å². The monoisotopic (exact) mass is 251 g/mol. The molecule has 0 aliphatic carbocycles. The molecule has 17 heavy (non-hydrogen) atoms. The zero-order valence-electron chi connectivity index (χ0n) is 9.36. The highest BCUT2D eigenvalue weighted by atomic mass is 32.1. The predicted molar refractivity (Wildman–Crippen MR) is 64.2 cm³/mol. The second-order valence-corrected chi connectivity index (χ2v) is 4.46. The maximum Gasteiger partial charge on any atom is 0.161 e. The topological polar surface area (TPSA) is 39.2 Å². The van der Waals surface area contributed by atoms with Crippen molar-refractivity contribution >= 4 is 17.6 Å². The second-order valence-electron chi connectivity index (χ2n) is 3.43. The van der Waals surface area contributed by atoms with Gasteiger partial charge in [0.05, 0.1) is 23.2 Å². The van der Waals surface area contributed by atoms with Crippen molar-refractivity contribution in [2.45, 2.75) is 6.92 Å². The molecule has 0 amide bonds. The summed E-state index contributed by atoms with van der Waals surface area (Å²) in [5.74, 6) is 0.180. The lowest BCUT2D eigenvalue weighted by molar-refractivity contribution is 0.112. The number of benzene rings is 1. The van der Waals surface area contributed by atoms with E-state index >= 15 is 0 Å². The molecule has 0 N–H and O–H groups in total. The molecule has 0 atom stereocenters. The van der Waals surface area contributed by atoms with E-state index in [9.17, 15) is 9.18 Å². The van der Waals surface area contributed by atoms with E-state index in [-0.39, 0.29) is 5.82 Å². The number of aldehydes is 1. The summed E-state index contributed by atoms with van der Waals surface area (Å²) < 4.78 is 18.4. The fourth-order valence-corrected chi connectivity index (χ4v) is 2.38. The number of hydrogen-bond acceptors (Lipinski definition) is 4. The number of halogens is 1. The molecule has 0 fully saturated rings. The quantitative estimate of drug-likeness (QED) is 0.787. The van der Waals surface area contributed by atoms with Crippen LogP contribution in [-0.4, -0.2) is 18.4 Å². The highest BCUT2D eigenvalue weighted by Gasteiger charge is 2.13. The molecule has 0 saturated carbocycles. The van der Waals surface area contributed by atoms with Crippen LogP contribution in [0.4, 0.5) is 4.39 Å². The standard InChI is InChI=1S/C12H10FNO2S/c1-7-11(6-15)17-12(14-7)9-5-8(13)3-4-10(9)16-2/h3-6H,1-2H3. The zero-order valence-corrected chi connectivity index (χ0v) is 10.2. The van der Waals surface area contributed by atoms with Crippen LogP contribution in [0.25, 0.3) is 10.6 Å². The first-order chi connectivity index (χ1) is 8.15. The lowest BCUT2D eigenvalue weighted by atomic mass is 10.2. The molecule has 88 valence electrons. The summed E-state index contributed by atoms with van der Waals surface area (Å²) >= 11 is 1.22. The van der Waals surface area contributed by atoms with E-state index in [0.29, 0.717) is 26.9 Å². The molecular formula is C12H10FNO2S. The molecule has 1 aromatic carbocycles. The third-order valence-corrected chi connectivity index (χ3v) is 3.45. The van der Waals surface area contributed by atoms with E-state index in [1.807, 2.05) is 0 Å². The number of thiazole rings is 1. The number of carbonyl (C=O) groups excluding carboxylic acids is 1. The summed E-state index contributed by atoms with van der Waals surface area (Å²) in [5, 5.41) is 0.584. The average Bonchev–Trinajstić information content (AvgIpc) is 2.70. The number of methoxy groups -OCH3 is 1. The number of hydrogen-bond donors (Lipinski definition) is 0. The van der Waals surface area contributed by atoms with E-state index in [4.69, 9.17) is 4.74 Å². The van der Waals surface area contributed by atoms with Crippen molar-refractivity contribution in [3.63, 3.8) is 0 Å². The Morgan fingerprint density at radius 2 is 2.24 bits per heavy atom. The summed E-state index contributed by atoms with van der Waals surface area (Å²) in [7, 11) is 1.51. The van der Waals surface area contributed by atoms with Gasteiger partial charge in [-0.1, -0.05) is 0 Å². The summed E-state index contributed by atoms with van der Waals surface area (Å²) in [6.45, 7) is 1.75. The van der Waals surface area contributed by atoms with Gasteiger partial charge in [0.2, 0.25) is 0 Å². The van der Waals surface area contributed by atoms with Crippen molar-refractivity contribution in [1.82, 2.24) is 4.98 Å². The number of nitrogens with zero attached hydrogens (tertiary/aromatic N) is 1. The van der Waals surface area contributed by atoms with Gasteiger partial charge in [-0.05, 0) is 25.1 Å². The van der Waals surface area contributed by atoms with Gasteiger partial charge in [0, 0.05) is 0 Å². The Balaban J connectivity index is 2.58. The van der Waals surface area contributed by atoms with Crippen LogP contribution in [0, 0.1) is 12.7 Å². The van der Waals surface area contributed by atoms with Crippen molar-refractivity contribution in [3.8, 4) is 16.3 Å². The first-order valence-electron chi connectivity index (χ1n) is 4.92. The van der Waals surface area contributed by atoms with E-state index < -0.39 is 0 Å². The summed E-state index contributed by atoms with van der Waals surface area (Å²) in [6.07, 6.45) is 0.752. The third-order valence-electron chi connectivity index (χ3n) is 2.33. The van der Waals surface area contributed by atoms with Crippen LogP contribution in [0.2, 0.25) is 0 Å². The molecule has 0 unspecified atom stereocenters. The molecule has 5 heteroatoms. The van der Waals surface area contributed by atoms with Crippen LogP contribution >= 0.6 is 11.3 Å². The predicted octanol–water partition coefficient (Wildman–Crippen LogP) is 3.08. The zero-order chi connectivity index (χ0) is 12.4. The third kappa shape index (κ3) is 2.19. The van der Waals surface area contributed by atoms with Crippen molar-refractivity contribution in [1.29, 1.82) is 0 Å². The van der Waals surface area contributed by atoms with E-state index in [1.165, 1.54) is 30.6 Å². The Labute approximate surface area is 102 Å². The van der Waals surface area contributed by atoms with Crippen LogP contribution < -0.4 is 4.74 Å². The molecular weight excluding hydrogens is 241 g/mol. The van der Waals surface area contributed by atoms with Crippen LogP contribution in [0.3, 0.4) is 0 Å². The van der Waals surface area contributed by atoms with Gasteiger partial charge in [-0.15, -0.1) is 11.3 Å². The van der Waals surface area contributed by atoms with Crippen molar-refractivity contribution in [2.24, 2.45) is 0 Å². The maximum atomic E-state index is 13.2. The Bertz CT molecular complexity index is 566. The van der Waals surface area contributed by atoms with Gasteiger partial charge in [0.25, 0.3) is 0 Å². The number of rotatable bonds is 3. The number of ether oxygens (including phenoxy) is 1. The maximum absolute atomic E-state index is 13.2. The van der Waals surface area contributed by atoms with Gasteiger partial charge in [-0.3, -0.25) is 4.79 Å². The van der Waals surface area contributed by atoms with Gasteiger partial charge >= 0.3 is 0 Å². The minimum absolute atomic E-state index is 0.360. The largest absolute Gasteiger partial charge is 0.496 e. The second kappa shape index (κ2) is 4.63. The Morgan fingerprint density at radius 1 is 1.47 bits per heavy atom. The van der Waals surface area contributed by atoms with Crippen molar-refractivity contribution < 1.29 is 13.9 Å². The molecule has 0 aliphatic rings. The lowest BCUT2D eigenvalue weighted by Gasteiger charge is -2.05. The van der Waals surface area contributed by atoms with Gasteiger partial charge in [-0.2, -0.15) is 0 Å². The molecule has 0 bridgehead atoms. The number of aryl methyl sites for hydroxylation is 1. The highest BCUT2D eigenvalue weighted by Crippen LogP contribution is 2.34. The number of aromatic nitrogens is 1. The Kier molecular flexibility index (Phi) is 3.19. The van der Waals surface area contributed by atoms with Crippen LogP contribution in [0.15, 0.2) is 18.2 Å². The number of carbonyl (C=O) groups is 1. The van der Waals surface area contributed by atoms with Crippen molar-refractivity contribution in [3.05, 3.63) is 34.6 Å². The smallest absolute Gasteiger partial charge is 0.161 e. The van der Waals surface area contributed by atoms with E-state index in [2.05, 4.69) is 4.98 Å². The molecule has 0 aliphatic heterocycles. The lowest BCUT2D eigenvalue weighted by Crippen LogP contribution is -1.88. The Morgan fingerprint density at radius 3 is 2.82 bits per heavy atom. The molecule has 2 rings (SSSR count). The average molecular weight is 251 g/mol. The molecule has 1 heterocycles. The van der Waals surface area contributed by atoms with Crippen molar-refractivity contribution in [2.75, 3.05) is 7.11 Å². The van der Waals surface area contributed by atoms with Crippen LogP contribution in [0.5, 0.6) is 5.75 Å². The first kappa shape index (κ1) is 11.7. The molecule has 0 saturated heterocycles. The van der Waals surface area contributed by atoms with E-state index in [0.717, 1.165) is 6.29 Å². The fourth-order valence-electron chi connectivity index (χ4n) is 1.48. The first-order valence-corrected chi connectivity index (χ1v) is 5.74. The van der Waals surface area contributed by atoms with Crippen LogP contribution in [-0.2, 0) is 0 Å². The normalized spacial score (nSPS) is 10.3. The Hall–Kier alpha value is -1.75. The highest BCUT2D eigenvalue weighted by molar-refractivity contribution is 7.16. The van der Waals surface area contributed by atoms with E-state index in [1.54, 1.807) is 13.0 Å². The minimum atomic E-state index is -0.360. The molecule has 1 aromatic heterocycles. The van der Waals surface area contributed by atoms with Crippen LogP contribution in [0.1, 0.15) is 15.4 Å².